The van der Waals surface area contributed by atoms with Crippen LogP contribution in [0.2, 0.25) is 0 Å². The minimum atomic E-state index is -1.77. The SMILES string of the molecule is CCCCP(=O)(CCCC)CCCC.[Tb+3]. The van der Waals surface area contributed by atoms with Gasteiger partial charge in [-0.15, -0.1) is 0 Å². The standard InChI is InChI=1S/C12H27OP.Tb/c1-4-7-10-14(13,11-8-5-2)12-9-6-3;/h4-12H2,1-3H3;/q;+3. The van der Waals surface area contributed by atoms with Crippen molar-refractivity contribution in [1.29, 1.82) is 0 Å². The van der Waals surface area contributed by atoms with Gasteiger partial charge < -0.3 is 4.57 Å². The van der Waals surface area contributed by atoms with E-state index in [0.29, 0.717) is 0 Å². The Labute approximate surface area is 127 Å². The van der Waals surface area contributed by atoms with Gasteiger partial charge in [-0.25, -0.2) is 0 Å². The van der Waals surface area contributed by atoms with Crippen molar-refractivity contribution in [3.05, 3.63) is 0 Å². The van der Waals surface area contributed by atoms with E-state index in [1.54, 1.807) is 0 Å². The summed E-state index contributed by atoms with van der Waals surface area (Å²) in [7, 11) is -1.77. The summed E-state index contributed by atoms with van der Waals surface area (Å²) in [6.07, 6.45) is 10.0. The molecule has 0 aliphatic rings. The third kappa shape index (κ3) is 10.4. The van der Waals surface area contributed by atoms with E-state index in [4.69, 9.17) is 0 Å². The van der Waals surface area contributed by atoms with E-state index in [1.807, 2.05) is 0 Å². The predicted molar refractivity (Wildman–Crippen MR) is 66.9 cm³/mol. The predicted octanol–water partition coefficient (Wildman–Crippen LogP) is 4.75. The van der Waals surface area contributed by atoms with Crippen molar-refractivity contribution in [2.45, 2.75) is 59.3 Å². The molecule has 15 heavy (non-hydrogen) atoms. The molecule has 0 aliphatic heterocycles. The summed E-state index contributed by atoms with van der Waals surface area (Å²) in [4.78, 5) is 0. The molecule has 0 aromatic carbocycles. The number of rotatable bonds is 9. The zero-order valence-electron chi connectivity index (χ0n) is 10.6. The summed E-state index contributed by atoms with van der Waals surface area (Å²) in [6, 6.07) is 0. The third-order valence-corrected chi connectivity index (χ3v) is 6.15. The van der Waals surface area contributed by atoms with E-state index >= 15 is 0 Å². The summed E-state index contributed by atoms with van der Waals surface area (Å²) < 4.78 is 12.5. The number of unbranched alkanes of at least 4 members (excludes halogenated alkanes) is 3. The molecule has 0 heterocycles. The number of hydrogen-bond acceptors (Lipinski definition) is 1. The van der Waals surface area contributed by atoms with Crippen molar-refractivity contribution < 1.29 is 43.2 Å². The first-order valence-electron chi connectivity index (χ1n) is 6.25. The second kappa shape index (κ2) is 12.0. The van der Waals surface area contributed by atoms with Crippen LogP contribution in [0.1, 0.15) is 59.3 Å². The van der Waals surface area contributed by atoms with Crippen LogP contribution in [0, 0.1) is 38.6 Å². The Bertz CT molecular complexity index is 142. The molecule has 0 N–H and O–H groups in total. The first kappa shape index (κ1) is 18.9. The smallest absolute Gasteiger partial charge is 0.324 e. The van der Waals surface area contributed by atoms with E-state index in [0.717, 1.165) is 37.7 Å². The maximum atomic E-state index is 12.5. The van der Waals surface area contributed by atoms with E-state index < -0.39 is 7.14 Å². The first-order chi connectivity index (χ1) is 6.68. The third-order valence-electron chi connectivity index (χ3n) is 2.76. The average Bonchev–Trinajstić information content (AvgIpc) is 2.21. The molecule has 3 heteroatoms. The molecule has 0 saturated heterocycles. The molecule has 0 atom stereocenters. The van der Waals surface area contributed by atoms with Gasteiger partial charge in [0, 0.05) is 18.5 Å². The maximum absolute atomic E-state index is 12.5. The van der Waals surface area contributed by atoms with Gasteiger partial charge in [0.1, 0.15) is 0 Å². The summed E-state index contributed by atoms with van der Waals surface area (Å²) in [6.45, 7) is 6.55. The van der Waals surface area contributed by atoms with Crippen LogP contribution in [-0.4, -0.2) is 18.5 Å². The summed E-state index contributed by atoms with van der Waals surface area (Å²) in [5.41, 5.74) is 0. The molecule has 0 unspecified atom stereocenters. The molecule has 1 nitrogen and oxygen atoms in total. The Kier molecular flexibility index (Phi) is 15.1. The molecule has 0 rings (SSSR count). The van der Waals surface area contributed by atoms with Crippen molar-refractivity contribution in [2.24, 2.45) is 0 Å². The molecule has 0 spiro atoms. The van der Waals surface area contributed by atoms with Gasteiger partial charge in [-0.2, -0.15) is 0 Å². The van der Waals surface area contributed by atoms with E-state index in [1.165, 1.54) is 19.3 Å². The van der Waals surface area contributed by atoms with Crippen LogP contribution in [0.25, 0.3) is 0 Å². The summed E-state index contributed by atoms with van der Waals surface area (Å²) in [5, 5.41) is 0. The van der Waals surface area contributed by atoms with Gasteiger partial charge in [-0.1, -0.05) is 40.0 Å². The van der Waals surface area contributed by atoms with Crippen LogP contribution >= 0.6 is 7.14 Å². The topological polar surface area (TPSA) is 17.1 Å². The van der Waals surface area contributed by atoms with Gasteiger partial charge in [0.05, 0.1) is 7.14 Å². The Morgan fingerprint density at radius 2 is 1.00 bits per heavy atom. The molecule has 0 fully saturated rings. The molecule has 0 saturated carbocycles. The molecule has 0 aromatic rings. The van der Waals surface area contributed by atoms with Crippen molar-refractivity contribution in [3.63, 3.8) is 0 Å². The summed E-state index contributed by atoms with van der Waals surface area (Å²) in [5.74, 6) is 0. The second-order valence-electron chi connectivity index (χ2n) is 4.29. The van der Waals surface area contributed by atoms with Gasteiger partial charge in [-0.05, 0) is 19.3 Å². The monoisotopic (exact) mass is 377 g/mol. The van der Waals surface area contributed by atoms with Gasteiger partial charge >= 0.3 is 38.6 Å². The van der Waals surface area contributed by atoms with Gasteiger partial charge in [0.25, 0.3) is 0 Å². The first-order valence-corrected chi connectivity index (χ1v) is 8.52. The molecule has 92 valence electrons. The zero-order valence-corrected chi connectivity index (χ0v) is 13.6. The van der Waals surface area contributed by atoms with Crippen LogP contribution < -0.4 is 0 Å². The average molecular weight is 377 g/mol. The molecule has 0 amide bonds. The van der Waals surface area contributed by atoms with Crippen LogP contribution in [0.4, 0.5) is 0 Å². The second-order valence-corrected chi connectivity index (χ2v) is 7.75. The molecule has 0 bridgehead atoms. The molecule has 0 radical (unpaired) electrons. The van der Waals surface area contributed by atoms with Crippen LogP contribution in [0.5, 0.6) is 0 Å². The van der Waals surface area contributed by atoms with Crippen molar-refractivity contribution in [2.75, 3.05) is 18.5 Å². The van der Waals surface area contributed by atoms with Crippen LogP contribution in [0.15, 0.2) is 0 Å². The Balaban J connectivity index is 0. The van der Waals surface area contributed by atoms with Gasteiger partial charge in [0.2, 0.25) is 0 Å². The van der Waals surface area contributed by atoms with Crippen LogP contribution in [0.3, 0.4) is 0 Å². The van der Waals surface area contributed by atoms with Gasteiger partial charge in [0.15, 0.2) is 0 Å². The number of hydrogen-bond donors (Lipinski definition) is 0. The van der Waals surface area contributed by atoms with E-state index in [9.17, 15) is 4.57 Å². The molecule has 0 aromatic heterocycles. The van der Waals surface area contributed by atoms with Crippen molar-refractivity contribution >= 4 is 7.14 Å². The van der Waals surface area contributed by atoms with Crippen LogP contribution in [-0.2, 0) is 4.57 Å². The Morgan fingerprint density at radius 3 is 1.20 bits per heavy atom. The molecular weight excluding hydrogens is 350 g/mol. The van der Waals surface area contributed by atoms with E-state index in [2.05, 4.69) is 20.8 Å². The Morgan fingerprint density at radius 1 is 0.733 bits per heavy atom. The normalized spacial score (nSPS) is 11.1. The zero-order chi connectivity index (χ0) is 10.9. The minimum absolute atomic E-state index is 0. The fourth-order valence-corrected chi connectivity index (χ4v) is 5.02. The van der Waals surface area contributed by atoms with Gasteiger partial charge in [-0.3, -0.25) is 0 Å². The maximum Gasteiger partial charge on any atom is 3.00 e. The summed E-state index contributed by atoms with van der Waals surface area (Å²) >= 11 is 0. The minimum Gasteiger partial charge on any atom is -0.324 e. The Hall–Kier alpha value is 1.52. The van der Waals surface area contributed by atoms with Crippen molar-refractivity contribution in [1.82, 2.24) is 0 Å². The fraction of sp³-hybridized carbons (Fsp3) is 1.00. The fourth-order valence-electron chi connectivity index (χ4n) is 1.67. The van der Waals surface area contributed by atoms with Crippen molar-refractivity contribution in [3.8, 4) is 0 Å². The molecular formula is C12H27OPTb+3. The quantitative estimate of drug-likeness (QED) is 0.530. The van der Waals surface area contributed by atoms with E-state index in [-0.39, 0.29) is 38.6 Å². The molecule has 0 aliphatic carbocycles. The largest absolute Gasteiger partial charge is 3.00 e.